The van der Waals surface area contributed by atoms with E-state index in [0.717, 1.165) is 5.56 Å². The van der Waals surface area contributed by atoms with Crippen molar-refractivity contribution >= 4 is 23.7 Å². The molecule has 2 aromatic heterocycles. The molecule has 3 aromatic rings. The lowest BCUT2D eigenvalue weighted by molar-refractivity contribution is -0.386. The van der Waals surface area contributed by atoms with Crippen LogP contribution in [0.5, 0.6) is 0 Å². The van der Waals surface area contributed by atoms with E-state index in [1.54, 1.807) is 29.4 Å². The summed E-state index contributed by atoms with van der Waals surface area (Å²) in [7, 11) is 0. The van der Waals surface area contributed by atoms with Gasteiger partial charge in [-0.15, -0.1) is 10.2 Å². The van der Waals surface area contributed by atoms with Gasteiger partial charge in [-0.2, -0.15) is 14.9 Å². The molecule has 2 heterocycles. The molecule has 0 saturated carbocycles. The molecule has 3 rings (SSSR count). The van der Waals surface area contributed by atoms with E-state index >= 15 is 0 Å². The first-order valence-electron chi connectivity index (χ1n) is 8.21. The number of thioether (sulfide) groups is 1. The Morgan fingerprint density at radius 3 is 2.52 bits per heavy atom. The summed E-state index contributed by atoms with van der Waals surface area (Å²) in [6, 6.07) is 8.01. The Bertz CT molecular complexity index is 1010. The Labute approximate surface area is 160 Å². The Balaban J connectivity index is 1.78. The van der Waals surface area contributed by atoms with Gasteiger partial charge in [0.25, 0.3) is 0 Å². The number of nitro groups is 1. The molecule has 0 aliphatic heterocycles. The van der Waals surface area contributed by atoms with E-state index in [9.17, 15) is 10.1 Å². The van der Waals surface area contributed by atoms with Gasteiger partial charge in [-0.3, -0.25) is 14.8 Å². The van der Waals surface area contributed by atoms with E-state index in [4.69, 9.17) is 0 Å². The third-order valence-corrected chi connectivity index (χ3v) is 4.90. The van der Waals surface area contributed by atoms with Crippen molar-refractivity contribution < 1.29 is 4.92 Å². The molecule has 0 atom stereocenters. The Morgan fingerprint density at radius 2 is 1.89 bits per heavy atom. The zero-order valence-corrected chi connectivity index (χ0v) is 16.3. The maximum Gasteiger partial charge on any atom is 0.312 e. The first-order valence-corrected chi connectivity index (χ1v) is 9.19. The molecule has 0 radical (unpaired) electrons. The number of aryl methyl sites for hydroxylation is 3. The van der Waals surface area contributed by atoms with Crippen LogP contribution in [0, 0.1) is 37.8 Å². The van der Waals surface area contributed by atoms with Gasteiger partial charge in [0.15, 0.2) is 5.82 Å². The highest BCUT2D eigenvalue weighted by Gasteiger charge is 2.22. The number of aromatic nitrogens is 5. The molecule has 10 heteroatoms. The van der Waals surface area contributed by atoms with Gasteiger partial charge in [0.2, 0.25) is 5.16 Å². The predicted molar refractivity (Wildman–Crippen MR) is 103 cm³/mol. The van der Waals surface area contributed by atoms with Crippen LogP contribution in [0.2, 0.25) is 0 Å². The summed E-state index contributed by atoms with van der Waals surface area (Å²) < 4.78 is 3.24. The van der Waals surface area contributed by atoms with Gasteiger partial charge >= 0.3 is 5.69 Å². The zero-order chi connectivity index (χ0) is 19.6. The van der Waals surface area contributed by atoms with Crippen molar-refractivity contribution in [1.29, 1.82) is 0 Å². The average molecular weight is 385 g/mol. The second kappa shape index (κ2) is 7.70. The molecule has 0 N–H and O–H groups in total. The summed E-state index contributed by atoms with van der Waals surface area (Å²) in [4.78, 5) is 10.7. The second-order valence-electron chi connectivity index (χ2n) is 6.05. The second-order valence-corrected chi connectivity index (χ2v) is 6.96. The van der Waals surface area contributed by atoms with E-state index in [2.05, 4.69) is 20.4 Å². The van der Waals surface area contributed by atoms with E-state index in [0.29, 0.717) is 28.2 Å². The first kappa shape index (κ1) is 18.8. The van der Waals surface area contributed by atoms with Gasteiger partial charge in [-0.05, 0) is 33.3 Å². The summed E-state index contributed by atoms with van der Waals surface area (Å²) in [6.07, 6.45) is 1.74. The Morgan fingerprint density at radius 1 is 1.19 bits per heavy atom. The maximum absolute atomic E-state index is 11.1. The fourth-order valence-electron chi connectivity index (χ4n) is 2.53. The number of hydrogen-bond acceptors (Lipinski definition) is 7. The van der Waals surface area contributed by atoms with Gasteiger partial charge in [0.1, 0.15) is 11.4 Å². The summed E-state index contributed by atoms with van der Waals surface area (Å²) in [5.74, 6) is 1.03. The highest BCUT2D eigenvalue weighted by Crippen LogP contribution is 2.25. The molecule has 1 aromatic carbocycles. The van der Waals surface area contributed by atoms with Crippen molar-refractivity contribution in [2.45, 2.75) is 38.7 Å². The van der Waals surface area contributed by atoms with Gasteiger partial charge in [-0.25, -0.2) is 0 Å². The van der Waals surface area contributed by atoms with Gasteiger partial charge < -0.3 is 0 Å². The smallest absolute Gasteiger partial charge is 0.258 e. The Kier molecular flexibility index (Phi) is 5.36. The van der Waals surface area contributed by atoms with E-state index in [1.165, 1.54) is 17.3 Å². The molecule has 0 fully saturated rings. The minimum Gasteiger partial charge on any atom is -0.258 e. The molecule has 0 amide bonds. The van der Waals surface area contributed by atoms with Gasteiger partial charge in [0, 0.05) is 0 Å². The molecule has 0 aliphatic carbocycles. The molecule has 27 heavy (non-hydrogen) atoms. The number of rotatable bonds is 6. The summed E-state index contributed by atoms with van der Waals surface area (Å²) >= 11 is 1.36. The fraction of sp³-hybridized carbons (Fsp3) is 0.294. The highest BCUT2D eigenvalue weighted by atomic mass is 32.2. The first-order chi connectivity index (χ1) is 12.9. The minimum absolute atomic E-state index is 0.0469. The molecule has 0 spiro atoms. The molecule has 0 unspecified atom stereocenters. The van der Waals surface area contributed by atoms with Crippen molar-refractivity contribution in [2.24, 2.45) is 5.10 Å². The zero-order valence-electron chi connectivity index (χ0n) is 15.4. The van der Waals surface area contributed by atoms with E-state index < -0.39 is 4.92 Å². The van der Waals surface area contributed by atoms with Gasteiger partial charge in [0.05, 0.1) is 17.0 Å². The van der Waals surface area contributed by atoms with Crippen LogP contribution in [0.4, 0.5) is 5.69 Å². The number of benzene rings is 1. The van der Waals surface area contributed by atoms with Crippen LogP contribution >= 0.6 is 11.8 Å². The van der Waals surface area contributed by atoms with Crippen LogP contribution in [-0.2, 0) is 5.88 Å². The molecular formula is C17H19N7O2S. The van der Waals surface area contributed by atoms with Crippen LogP contribution in [0.3, 0.4) is 0 Å². The van der Waals surface area contributed by atoms with Crippen molar-refractivity contribution in [3.05, 3.63) is 62.7 Å². The lowest BCUT2D eigenvalue weighted by atomic mass is 10.2. The minimum atomic E-state index is -0.405. The molecule has 0 saturated heterocycles. The van der Waals surface area contributed by atoms with E-state index in [1.807, 2.05) is 38.1 Å². The normalized spacial score (nSPS) is 11.4. The number of nitrogens with zero attached hydrogens (tertiary/aromatic N) is 7. The quantitative estimate of drug-likeness (QED) is 0.279. The molecule has 0 bridgehead atoms. The van der Waals surface area contributed by atoms with Crippen molar-refractivity contribution in [3.8, 4) is 0 Å². The van der Waals surface area contributed by atoms with Crippen LogP contribution < -0.4 is 0 Å². The lowest BCUT2D eigenvalue weighted by Crippen LogP contribution is -2.02. The molecule has 0 aliphatic rings. The predicted octanol–water partition coefficient (Wildman–Crippen LogP) is 3.25. The monoisotopic (exact) mass is 385 g/mol. The fourth-order valence-corrected chi connectivity index (χ4v) is 3.42. The molecule has 140 valence electrons. The van der Waals surface area contributed by atoms with Crippen LogP contribution in [0.25, 0.3) is 0 Å². The average Bonchev–Trinajstić information content (AvgIpc) is 3.11. The standard InChI is InChI=1S/C17H19N7O2S/c1-11-5-7-15(8-6-11)9-18-23-14(4)19-20-17(23)27-10-22-13(3)16(24(25)26)12(2)21-22/h5-9H,10H2,1-4H3. The van der Waals surface area contributed by atoms with Crippen molar-refractivity contribution in [2.75, 3.05) is 0 Å². The van der Waals surface area contributed by atoms with Gasteiger partial charge in [-0.1, -0.05) is 41.6 Å². The van der Waals surface area contributed by atoms with Crippen LogP contribution in [0.1, 0.15) is 28.3 Å². The Hall–Kier alpha value is -3.01. The summed E-state index contributed by atoms with van der Waals surface area (Å²) in [5, 5.41) is 28.6. The molecule has 9 nitrogen and oxygen atoms in total. The molecular weight excluding hydrogens is 366 g/mol. The number of hydrogen-bond donors (Lipinski definition) is 0. The van der Waals surface area contributed by atoms with Crippen molar-refractivity contribution in [1.82, 2.24) is 24.7 Å². The highest BCUT2D eigenvalue weighted by molar-refractivity contribution is 7.98. The van der Waals surface area contributed by atoms with Crippen LogP contribution in [0.15, 0.2) is 34.5 Å². The van der Waals surface area contributed by atoms with Crippen LogP contribution in [-0.4, -0.2) is 35.8 Å². The lowest BCUT2D eigenvalue weighted by Gasteiger charge is -2.04. The third kappa shape index (κ3) is 4.05. The SMILES string of the molecule is Cc1ccc(C=Nn2c(C)nnc2SCn2nc(C)c([N+](=O)[O-])c2C)cc1. The summed E-state index contributed by atoms with van der Waals surface area (Å²) in [5.41, 5.74) is 3.11. The topological polar surface area (TPSA) is 104 Å². The summed E-state index contributed by atoms with van der Waals surface area (Å²) in [6.45, 7) is 7.16. The third-order valence-electron chi connectivity index (χ3n) is 4.01. The van der Waals surface area contributed by atoms with Crippen molar-refractivity contribution in [3.63, 3.8) is 0 Å². The maximum atomic E-state index is 11.1. The van der Waals surface area contributed by atoms with E-state index in [-0.39, 0.29) is 5.69 Å². The largest absolute Gasteiger partial charge is 0.312 e.